The smallest absolute Gasteiger partial charge is 0.326 e. The van der Waals surface area contributed by atoms with Crippen molar-refractivity contribution in [3.63, 3.8) is 0 Å². The van der Waals surface area contributed by atoms with Crippen molar-refractivity contribution in [2.24, 2.45) is 5.73 Å². The molecule has 0 spiro atoms. The maximum atomic E-state index is 12.1. The predicted molar refractivity (Wildman–Crippen MR) is 76.2 cm³/mol. The molecule has 1 aromatic carbocycles. The molecule has 1 aliphatic rings. The molecule has 0 aromatic heterocycles. The number of carboxylic acids is 1. The highest BCUT2D eigenvalue weighted by atomic mass is 16.4. The Kier molecular flexibility index (Phi) is 4.62. The number of phenols is 1. The van der Waals surface area contributed by atoms with Gasteiger partial charge in [0.1, 0.15) is 11.8 Å². The molecule has 2 rings (SSSR count). The summed E-state index contributed by atoms with van der Waals surface area (Å²) >= 11 is 0. The van der Waals surface area contributed by atoms with Crippen LogP contribution in [-0.2, 0) is 9.59 Å². The summed E-state index contributed by atoms with van der Waals surface area (Å²) < 4.78 is 0. The largest absolute Gasteiger partial charge is 0.508 e. The summed E-state index contributed by atoms with van der Waals surface area (Å²) in [5.74, 6) is -1.93. The number of carboxylic acid groups (broad SMARTS) is 1. The van der Waals surface area contributed by atoms with Crippen LogP contribution in [0, 0.1) is 0 Å². The van der Waals surface area contributed by atoms with Crippen LogP contribution in [0.2, 0.25) is 0 Å². The van der Waals surface area contributed by atoms with E-state index < -0.39 is 29.9 Å². The average molecular weight is 307 g/mol. The van der Waals surface area contributed by atoms with Gasteiger partial charge in [0.2, 0.25) is 5.91 Å². The number of carbonyl (C=O) groups is 3. The number of hydrogen-bond donors (Lipinski definition) is 4. The number of amides is 2. The average Bonchev–Trinajstić information content (AvgIpc) is 2.91. The zero-order valence-corrected chi connectivity index (χ0v) is 11.7. The van der Waals surface area contributed by atoms with E-state index in [4.69, 9.17) is 10.8 Å². The minimum atomic E-state index is -1.12. The SMILES string of the molecule is NCC(=O)N1CC(NC(=O)c2ccc(O)cc2)CC1C(=O)O. The molecule has 1 aromatic rings. The molecule has 8 heteroatoms. The minimum Gasteiger partial charge on any atom is -0.508 e. The molecule has 0 saturated carbocycles. The van der Waals surface area contributed by atoms with E-state index in [2.05, 4.69) is 5.32 Å². The van der Waals surface area contributed by atoms with Gasteiger partial charge < -0.3 is 26.2 Å². The van der Waals surface area contributed by atoms with Crippen LogP contribution in [0.3, 0.4) is 0 Å². The van der Waals surface area contributed by atoms with Gasteiger partial charge in [-0.05, 0) is 24.3 Å². The van der Waals surface area contributed by atoms with Gasteiger partial charge in [-0.3, -0.25) is 9.59 Å². The topological polar surface area (TPSA) is 133 Å². The van der Waals surface area contributed by atoms with E-state index in [-0.39, 0.29) is 25.3 Å². The lowest BCUT2D eigenvalue weighted by molar-refractivity contribution is -0.147. The highest BCUT2D eigenvalue weighted by molar-refractivity contribution is 5.94. The Labute approximate surface area is 126 Å². The fraction of sp³-hybridized carbons (Fsp3) is 0.357. The highest BCUT2D eigenvalue weighted by Gasteiger charge is 2.39. The first-order valence-corrected chi connectivity index (χ1v) is 6.74. The van der Waals surface area contributed by atoms with E-state index in [1.807, 2.05) is 0 Å². The monoisotopic (exact) mass is 307 g/mol. The van der Waals surface area contributed by atoms with Crippen molar-refractivity contribution in [2.75, 3.05) is 13.1 Å². The molecule has 22 heavy (non-hydrogen) atoms. The molecule has 1 saturated heterocycles. The Morgan fingerprint density at radius 3 is 2.45 bits per heavy atom. The van der Waals surface area contributed by atoms with Crippen LogP contribution in [0.25, 0.3) is 0 Å². The Hall–Kier alpha value is -2.61. The van der Waals surface area contributed by atoms with Crippen LogP contribution in [0.1, 0.15) is 16.8 Å². The first-order chi connectivity index (χ1) is 10.4. The van der Waals surface area contributed by atoms with Crippen molar-refractivity contribution < 1.29 is 24.6 Å². The number of nitrogens with two attached hydrogens (primary N) is 1. The lowest BCUT2D eigenvalue weighted by Gasteiger charge is -2.20. The van der Waals surface area contributed by atoms with Crippen LogP contribution in [-0.4, -0.2) is 58.1 Å². The van der Waals surface area contributed by atoms with Crippen LogP contribution < -0.4 is 11.1 Å². The Balaban J connectivity index is 2.04. The third-order valence-corrected chi connectivity index (χ3v) is 3.55. The lowest BCUT2D eigenvalue weighted by Crippen LogP contribution is -2.44. The number of carbonyl (C=O) groups excluding carboxylic acids is 2. The molecule has 0 radical (unpaired) electrons. The molecule has 2 unspecified atom stereocenters. The van der Waals surface area contributed by atoms with Crippen LogP contribution in [0.4, 0.5) is 0 Å². The number of benzene rings is 1. The van der Waals surface area contributed by atoms with Gasteiger partial charge in [-0.25, -0.2) is 4.79 Å². The number of aliphatic carboxylic acids is 1. The maximum absolute atomic E-state index is 12.1. The number of nitrogens with one attached hydrogen (secondary N) is 1. The second kappa shape index (κ2) is 6.44. The maximum Gasteiger partial charge on any atom is 0.326 e. The van der Waals surface area contributed by atoms with Gasteiger partial charge in [0, 0.05) is 24.6 Å². The van der Waals surface area contributed by atoms with E-state index in [1.165, 1.54) is 29.2 Å². The molecule has 1 fully saturated rings. The van der Waals surface area contributed by atoms with Gasteiger partial charge in [-0.2, -0.15) is 0 Å². The standard InChI is InChI=1S/C14H17N3O5/c15-6-12(19)17-7-9(5-11(17)14(21)22)16-13(20)8-1-3-10(18)4-2-8/h1-4,9,11,18H,5-7,15H2,(H,16,20)(H,21,22). The quantitative estimate of drug-likeness (QED) is 0.572. The van der Waals surface area contributed by atoms with Gasteiger partial charge in [-0.1, -0.05) is 0 Å². The molecular formula is C14H17N3O5. The summed E-state index contributed by atoms with van der Waals surface area (Å²) in [6, 6.07) is 4.23. The van der Waals surface area contributed by atoms with E-state index in [9.17, 15) is 19.5 Å². The Morgan fingerprint density at radius 1 is 1.27 bits per heavy atom. The Bertz CT molecular complexity index is 587. The number of likely N-dealkylation sites (tertiary alicyclic amines) is 1. The van der Waals surface area contributed by atoms with Crippen molar-refractivity contribution in [1.82, 2.24) is 10.2 Å². The van der Waals surface area contributed by atoms with Crippen LogP contribution in [0.5, 0.6) is 5.75 Å². The molecule has 0 aliphatic carbocycles. The van der Waals surface area contributed by atoms with Gasteiger partial charge in [-0.15, -0.1) is 0 Å². The fourth-order valence-corrected chi connectivity index (χ4v) is 2.45. The van der Waals surface area contributed by atoms with Gasteiger partial charge in [0.15, 0.2) is 0 Å². The third-order valence-electron chi connectivity index (χ3n) is 3.55. The van der Waals surface area contributed by atoms with E-state index >= 15 is 0 Å². The summed E-state index contributed by atoms with van der Waals surface area (Å²) in [5.41, 5.74) is 5.61. The van der Waals surface area contributed by atoms with E-state index in [1.54, 1.807) is 0 Å². The highest BCUT2D eigenvalue weighted by Crippen LogP contribution is 2.19. The first kappa shape index (κ1) is 15.8. The van der Waals surface area contributed by atoms with Crippen molar-refractivity contribution in [2.45, 2.75) is 18.5 Å². The fourth-order valence-electron chi connectivity index (χ4n) is 2.45. The molecule has 1 aliphatic heterocycles. The zero-order chi connectivity index (χ0) is 16.3. The molecule has 8 nitrogen and oxygen atoms in total. The second-order valence-electron chi connectivity index (χ2n) is 5.06. The van der Waals surface area contributed by atoms with Gasteiger partial charge in [0.25, 0.3) is 5.91 Å². The molecule has 0 bridgehead atoms. The third kappa shape index (κ3) is 3.34. The van der Waals surface area contributed by atoms with Crippen LogP contribution in [0.15, 0.2) is 24.3 Å². The minimum absolute atomic E-state index is 0.0445. The zero-order valence-electron chi connectivity index (χ0n) is 11.7. The van der Waals surface area contributed by atoms with Gasteiger partial charge >= 0.3 is 5.97 Å². The number of rotatable bonds is 4. The normalized spacial score (nSPS) is 20.7. The van der Waals surface area contributed by atoms with Gasteiger partial charge in [0.05, 0.1) is 6.54 Å². The number of aromatic hydroxyl groups is 1. The first-order valence-electron chi connectivity index (χ1n) is 6.74. The number of phenolic OH excluding ortho intramolecular Hbond substituents is 1. The lowest BCUT2D eigenvalue weighted by atomic mass is 10.1. The number of nitrogens with zero attached hydrogens (tertiary/aromatic N) is 1. The van der Waals surface area contributed by atoms with Crippen molar-refractivity contribution in [3.05, 3.63) is 29.8 Å². The second-order valence-corrected chi connectivity index (χ2v) is 5.06. The molecule has 118 valence electrons. The molecule has 5 N–H and O–H groups in total. The van der Waals surface area contributed by atoms with Crippen molar-refractivity contribution in [1.29, 1.82) is 0 Å². The summed E-state index contributed by atoms with van der Waals surface area (Å²) in [6.45, 7) is -0.167. The summed E-state index contributed by atoms with van der Waals surface area (Å²) in [5, 5.41) is 21.0. The van der Waals surface area contributed by atoms with Crippen molar-refractivity contribution in [3.8, 4) is 5.75 Å². The molecule has 2 amide bonds. The summed E-state index contributed by atoms with van der Waals surface area (Å²) in [6.07, 6.45) is 0.130. The van der Waals surface area contributed by atoms with E-state index in [0.717, 1.165) is 0 Å². The molecular weight excluding hydrogens is 290 g/mol. The molecule has 2 atom stereocenters. The van der Waals surface area contributed by atoms with Crippen molar-refractivity contribution >= 4 is 17.8 Å². The Morgan fingerprint density at radius 2 is 1.91 bits per heavy atom. The summed E-state index contributed by atoms with van der Waals surface area (Å²) in [7, 11) is 0. The van der Waals surface area contributed by atoms with E-state index in [0.29, 0.717) is 5.56 Å². The summed E-state index contributed by atoms with van der Waals surface area (Å²) in [4.78, 5) is 36.1. The predicted octanol–water partition coefficient (Wildman–Crippen LogP) is -0.865. The molecule has 1 heterocycles. The number of hydrogen-bond acceptors (Lipinski definition) is 5. The van der Waals surface area contributed by atoms with Crippen LogP contribution >= 0.6 is 0 Å².